The maximum Gasteiger partial charge on any atom is 0.233 e. The number of aryl methyl sites for hydroxylation is 2. The fourth-order valence-corrected chi connectivity index (χ4v) is 4.41. The highest BCUT2D eigenvalue weighted by molar-refractivity contribution is 8.01. The van der Waals surface area contributed by atoms with Gasteiger partial charge in [0.1, 0.15) is 0 Å². The molecule has 2 heterocycles. The van der Waals surface area contributed by atoms with Crippen LogP contribution in [0.15, 0.2) is 22.5 Å². The second kappa shape index (κ2) is 7.98. The number of likely N-dealkylation sites (tertiary alicyclic amines) is 1. The molecule has 128 valence electrons. The van der Waals surface area contributed by atoms with Crippen molar-refractivity contribution in [1.29, 1.82) is 0 Å². The van der Waals surface area contributed by atoms with Crippen LogP contribution in [0, 0.1) is 13.8 Å². The minimum absolute atomic E-state index is 0.207. The summed E-state index contributed by atoms with van der Waals surface area (Å²) in [5.41, 5.74) is 3.46. The van der Waals surface area contributed by atoms with Crippen LogP contribution >= 0.6 is 23.1 Å². The van der Waals surface area contributed by atoms with Gasteiger partial charge in [0.15, 0.2) is 4.34 Å². The summed E-state index contributed by atoms with van der Waals surface area (Å²) < 4.78 is 0.827. The quantitative estimate of drug-likeness (QED) is 0.815. The first-order valence-electron chi connectivity index (χ1n) is 8.20. The van der Waals surface area contributed by atoms with Crippen LogP contribution in [0.4, 0.5) is 10.8 Å². The lowest BCUT2D eigenvalue weighted by Gasteiger charge is -2.26. The predicted octanol–water partition coefficient (Wildman–Crippen LogP) is 4.00. The molecule has 7 heteroatoms. The highest BCUT2D eigenvalue weighted by Gasteiger charge is 2.17. The summed E-state index contributed by atoms with van der Waals surface area (Å²) in [7, 11) is 0. The number of hydrogen-bond acceptors (Lipinski definition) is 6. The molecule has 1 fully saturated rings. The van der Waals surface area contributed by atoms with Crippen LogP contribution in [0.1, 0.15) is 30.4 Å². The lowest BCUT2D eigenvalue weighted by molar-refractivity contribution is -0.129. The first kappa shape index (κ1) is 17.2. The van der Waals surface area contributed by atoms with Gasteiger partial charge in [0.05, 0.1) is 5.75 Å². The van der Waals surface area contributed by atoms with E-state index in [-0.39, 0.29) is 5.91 Å². The van der Waals surface area contributed by atoms with Crippen LogP contribution in [0.3, 0.4) is 0 Å². The molecule has 0 saturated carbocycles. The second-order valence-electron chi connectivity index (χ2n) is 6.05. The van der Waals surface area contributed by atoms with Gasteiger partial charge in [-0.3, -0.25) is 4.79 Å². The van der Waals surface area contributed by atoms with Crippen LogP contribution in [-0.4, -0.2) is 39.8 Å². The summed E-state index contributed by atoms with van der Waals surface area (Å²) in [6.45, 7) is 5.95. The van der Waals surface area contributed by atoms with Crippen molar-refractivity contribution in [3.05, 3.63) is 29.3 Å². The Morgan fingerprint density at radius 3 is 2.79 bits per heavy atom. The van der Waals surface area contributed by atoms with E-state index in [1.807, 2.05) is 4.90 Å². The molecule has 1 saturated heterocycles. The van der Waals surface area contributed by atoms with Gasteiger partial charge in [-0.2, -0.15) is 0 Å². The largest absolute Gasteiger partial charge is 0.342 e. The molecule has 1 aromatic heterocycles. The molecule has 1 aliphatic rings. The summed E-state index contributed by atoms with van der Waals surface area (Å²) in [6, 6.07) is 6.26. The first-order chi connectivity index (χ1) is 11.6. The zero-order chi connectivity index (χ0) is 16.9. The third-order valence-corrected chi connectivity index (χ3v) is 6.01. The summed E-state index contributed by atoms with van der Waals surface area (Å²) in [5.74, 6) is 0.650. The lowest BCUT2D eigenvalue weighted by atomic mass is 10.1. The summed E-state index contributed by atoms with van der Waals surface area (Å²) in [6.07, 6.45) is 3.49. The van der Waals surface area contributed by atoms with Crippen molar-refractivity contribution in [1.82, 2.24) is 15.1 Å². The molecule has 1 amide bonds. The topological polar surface area (TPSA) is 58.1 Å². The molecular formula is C17H22N4OS2. The van der Waals surface area contributed by atoms with Gasteiger partial charge in [-0.25, -0.2) is 0 Å². The van der Waals surface area contributed by atoms with Crippen molar-refractivity contribution in [3.8, 4) is 0 Å². The van der Waals surface area contributed by atoms with Crippen LogP contribution < -0.4 is 5.32 Å². The second-order valence-corrected chi connectivity index (χ2v) is 8.25. The molecule has 0 unspecified atom stereocenters. The third kappa shape index (κ3) is 4.48. The van der Waals surface area contributed by atoms with Crippen molar-refractivity contribution >= 4 is 39.8 Å². The van der Waals surface area contributed by atoms with E-state index in [2.05, 4.69) is 47.6 Å². The normalized spacial score (nSPS) is 14.7. The third-order valence-electron chi connectivity index (χ3n) is 4.06. The first-order valence-corrected chi connectivity index (χ1v) is 10.0. The number of nitrogens with one attached hydrogen (secondary N) is 1. The van der Waals surface area contributed by atoms with Crippen molar-refractivity contribution < 1.29 is 4.79 Å². The summed E-state index contributed by atoms with van der Waals surface area (Å²) >= 11 is 2.96. The van der Waals surface area contributed by atoms with Crippen molar-refractivity contribution in [3.63, 3.8) is 0 Å². The van der Waals surface area contributed by atoms with Crippen LogP contribution in [0.2, 0.25) is 0 Å². The Balaban J connectivity index is 1.54. The molecule has 1 aromatic carbocycles. The van der Waals surface area contributed by atoms with E-state index in [0.29, 0.717) is 5.75 Å². The molecular weight excluding hydrogens is 340 g/mol. The number of amides is 1. The summed E-state index contributed by atoms with van der Waals surface area (Å²) in [4.78, 5) is 14.2. The smallest absolute Gasteiger partial charge is 0.233 e. The molecule has 0 spiro atoms. The van der Waals surface area contributed by atoms with E-state index in [1.165, 1.54) is 40.6 Å². The highest BCUT2D eigenvalue weighted by atomic mass is 32.2. The molecule has 0 radical (unpaired) electrons. The van der Waals surface area contributed by atoms with Crippen LogP contribution in [-0.2, 0) is 4.79 Å². The standard InChI is InChI=1S/C17H22N4OS2/c1-12-6-7-14(13(2)10-12)18-16-19-20-17(24-16)23-11-15(22)21-8-4-3-5-9-21/h6-7,10H,3-5,8-9,11H2,1-2H3,(H,18,19). The number of benzene rings is 1. The molecule has 3 rings (SSSR count). The van der Waals surface area contributed by atoms with Gasteiger partial charge < -0.3 is 10.2 Å². The van der Waals surface area contributed by atoms with Gasteiger partial charge in [-0.15, -0.1) is 10.2 Å². The number of nitrogens with zero attached hydrogens (tertiary/aromatic N) is 3. The minimum atomic E-state index is 0.207. The molecule has 0 bridgehead atoms. The van der Waals surface area contributed by atoms with Crippen LogP contribution in [0.25, 0.3) is 0 Å². The SMILES string of the molecule is Cc1ccc(Nc2nnc(SCC(=O)N3CCCCC3)s2)c(C)c1. The maximum absolute atomic E-state index is 12.2. The Bertz CT molecular complexity index is 710. The Hall–Kier alpha value is -1.60. The van der Waals surface area contributed by atoms with Gasteiger partial charge >= 0.3 is 0 Å². The van der Waals surface area contributed by atoms with E-state index >= 15 is 0 Å². The fourth-order valence-electron chi connectivity index (χ4n) is 2.75. The Morgan fingerprint density at radius 1 is 1.25 bits per heavy atom. The van der Waals surface area contributed by atoms with Gasteiger partial charge in [-0.1, -0.05) is 40.8 Å². The molecule has 5 nitrogen and oxygen atoms in total. The average molecular weight is 363 g/mol. The Morgan fingerprint density at radius 2 is 2.04 bits per heavy atom. The summed E-state index contributed by atoms with van der Waals surface area (Å²) in [5, 5.41) is 12.4. The number of piperidine rings is 1. The molecule has 1 N–H and O–H groups in total. The maximum atomic E-state index is 12.2. The average Bonchev–Trinajstić information content (AvgIpc) is 3.03. The zero-order valence-corrected chi connectivity index (χ0v) is 15.7. The van der Waals surface area contributed by atoms with Gasteiger partial charge in [0, 0.05) is 18.8 Å². The number of anilines is 2. The Kier molecular flexibility index (Phi) is 5.73. The number of carbonyl (C=O) groups is 1. The predicted molar refractivity (Wildman–Crippen MR) is 100 cm³/mol. The number of rotatable bonds is 5. The van der Waals surface area contributed by atoms with E-state index < -0.39 is 0 Å². The molecule has 24 heavy (non-hydrogen) atoms. The van der Waals surface area contributed by atoms with Crippen molar-refractivity contribution in [2.24, 2.45) is 0 Å². The Labute approximate surface area is 150 Å². The van der Waals surface area contributed by atoms with Gasteiger partial charge in [-0.05, 0) is 44.7 Å². The van der Waals surface area contributed by atoms with Gasteiger partial charge in [0.2, 0.25) is 11.0 Å². The molecule has 0 aliphatic carbocycles. The number of hydrogen-bond donors (Lipinski definition) is 1. The number of thioether (sulfide) groups is 1. The van der Waals surface area contributed by atoms with Gasteiger partial charge in [0.25, 0.3) is 0 Å². The van der Waals surface area contributed by atoms with E-state index in [9.17, 15) is 4.79 Å². The monoisotopic (exact) mass is 362 g/mol. The van der Waals surface area contributed by atoms with E-state index in [4.69, 9.17) is 0 Å². The molecule has 1 aliphatic heterocycles. The lowest BCUT2D eigenvalue weighted by Crippen LogP contribution is -2.36. The molecule has 2 aromatic rings. The zero-order valence-electron chi connectivity index (χ0n) is 14.0. The van der Waals surface area contributed by atoms with Crippen LogP contribution in [0.5, 0.6) is 0 Å². The highest BCUT2D eigenvalue weighted by Crippen LogP contribution is 2.29. The number of aromatic nitrogens is 2. The number of carbonyl (C=O) groups excluding carboxylic acids is 1. The van der Waals surface area contributed by atoms with E-state index in [1.54, 1.807) is 0 Å². The van der Waals surface area contributed by atoms with Crippen molar-refractivity contribution in [2.45, 2.75) is 37.4 Å². The van der Waals surface area contributed by atoms with E-state index in [0.717, 1.165) is 41.1 Å². The molecule has 0 atom stereocenters. The minimum Gasteiger partial charge on any atom is -0.342 e. The fraction of sp³-hybridized carbons (Fsp3) is 0.471. The van der Waals surface area contributed by atoms with Crippen molar-refractivity contribution in [2.75, 3.05) is 24.2 Å².